The van der Waals surface area contributed by atoms with Gasteiger partial charge in [0.1, 0.15) is 0 Å². The minimum Gasteiger partial charge on any atom is -0.466 e. The first kappa shape index (κ1) is 15.9. The van der Waals surface area contributed by atoms with E-state index in [0.29, 0.717) is 0 Å². The number of amides is 2. The Kier molecular flexibility index (Phi) is 4.11. The second-order valence-corrected chi connectivity index (χ2v) is 4.68. The van der Waals surface area contributed by atoms with Crippen molar-refractivity contribution in [1.29, 1.82) is 0 Å². The third kappa shape index (κ3) is 3.05. The molecule has 1 aromatic rings. The van der Waals surface area contributed by atoms with E-state index >= 15 is 0 Å². The van der Waals surface area contributed by atoms with Crippen molar-refractivity contribution in [3.8, 4) is 0 Å². The molecular weight excluding hydrogens is 301 g/mol. The van der Waals surface area contributed by atoms with Gasteiger partial charge in [0.05, 0.1) is 24.3 Å². The highest BCUT2D eigenvalue weighted by atomic mass is 19.4. The Morgan fingerprint density at radius 3 is 2.59 bits per heavy atom. The number of hydrogen-bond acceptors (Lipinski definition) is 3. The smallest absolute Gasteiger partial charge is 0.416 e. The van der Waals surface area contributed by atoms with Crippen molar-refractivity contribution in [3.63, 3.8) is 0 Å². The van der Waals surface area contributed by atoms with Crippen molar-refractivity contribution >= 4 is 12.0 Å². The van der Waals surface area contributed by atoms with Gasteiger partial charge < -0.3 is 15.4 Å². The Balaban J connectivity index is 2.51. The molecule has 1 atom stereocenters. The van der Waals surface area contributed by atoms with Crippen LogP contribution in [0.1, 0.15) is 24.1 Å². The highest BCUT2D eigenvalue weighted by molar-refractivity contribution is 5.94. The van der Waals surface area contributed by atoms with Gasteiger partial charge in [-0.05, 0) is 24.6 Å². The zero-order valence-electron chi connectivity index (χ0n) is 11.7. The number of benzene rings is 1. The fourth-order valence-corrected chi connectivity index (χ4v) is 2.22. The van der Waals surface area contributed by atoms with Crippen LogP contribution in [0.15, 0.2) is 35.5 Å². The van der Waals surface area contributed by atoms with Crippen molar-refractivity contribution in [2.24, 2.45) is 0 Å². The highest BCUT2D eigenvalue weighted by Crippen LogP contribution is 2.33. The van der Waals surface area contributed by atoms with Crippen LogP contribution in [0, 0.1) is 0 Å². The average molecular weight is 314 g/mol. The second-order valence-electron chi connectivity index (χ2n) is 4.68. The molecule has 0 aromatic heterocycles. The highest BCUT2D eigenvalue weighted by Gasteiger charge is 2.35. The first-order valence-electron chi connectivity index (χ1n) is 6.27. The van der Waals surface area contributed by atoms with E-state index in [-0.39, 0.29) is 16.8 Å². The van der Waals surface area contributed by atoms with Gasteiger partial charge in [0, 0.05) is 5.70 Å². The summed E-state index contributed by atoms with van der Waals surface area (Å²) in [4.78, 5) is 23.4. The van der Waals surface area contributed by atoms with E-state index in [9.17, 15) is 22.8 Å². The van der Waals surface area contributed by atoms with Gasteiger partial charge >= 0.3 is 18.2 Å². The van der Waals surface area contributed by atoms with Crippen molar-refractivity contribution in [2.45, 2.75) is 19.1 Å². The number of ether oxygens (including phenoxy) is 1. The number of urea groups is 1. The molecule has 0 fully saturated rings. The molecule has 5 nitrogen and oxygen atoms in total. The first-order valence-corrected chi connectivity index (χ1v) is 6.27. The molecule has 2 rings (SSSR count). The minimum absolute atomic E-state index is 0.0569. The van der Waals surface area contributed by atoms with Crippen LogP contribution in [0.3, 0.4) is 0 Å². The van der Waals surface area contributed by atoms with E-state index in [1.807, 2.05) is 0 Å². The Labute approximate surface area is 124 Å². The molecule has 0 aliphatic carbocycles. The summed E-state index contributed by atoms with van der Waals surface area (Å²) in [6, 6.07) is 2.82. The fraction of sp³-hybridized carbons (Fsp3) is 0.286. The van der Waals surface area contributed by atoms with E-state index in [1.165, 1.54) is 19.1 Å². The number of methoxy groups -OCH3 is 1. The molecule has 22 heavy (non-hydrogen) atoms. The summed E-state index contributed by atoms with van der Waals surface area (Å²) < 4.78 is 43.1. The number of carbonyl (C=O) groups excluding carboxylic acids is 2. The van der Waals surface area contributed by atoms with Gasteiger partial charge in [-0.2, -0.15) is 13.2 Å². The van der Waals surface area contributed by atoms with Crippen LogP contribution in [0.5, 0.6) is 0 Å². The Morgan fingerprint density at radius 2 is 2.00 bits per heavy atom. The summed E-state index contributed by atoms with van der Waals surface area (Å²) in [6.45, 7) is 1.48. The van der Waals surface area contributed by atoms with Crippen molar-refractivity contribution in [2.75, 3.05) is 7.11 Å². The summed E-state index contributed by atoms with van der Waals surface area (Å²) >= 11 is 0. The quantitative estimate of drug-likeness (QED) is 0.824. The van der Waals surface area contributed by atoms with Crippen LogP contribution < -0.4 is 10.6 Å². The summed E-state index contributed by atoms with van der Waals surface area (Å²) in [5.74, 6) is -0.729. The van der Waals surface area contributed by atoms with Crippen LogP contribution >= 0.6 is 0 Å². The topological polar surface area (TPSA) is 67.4 Å². The molecule has 0 saturated heterocycles. The van der Waals surface area contributed by atoms with E-state index in [1.54, 1.807) is 0 Å². The normalized spacial score (nSPS) is 18.6. The molecule has 1 aliphatic heterocycles. The molecule has 0 unspecified atom stereocenters. The lowest BCUT2D eigenvalue weighted by Gasteiger charge is -2.28. The lowest BCUT2D eigenvalue weighted by molar-refractivity contribution is -0.137. The van der Waals surface area contributed by atoms with Crippen LogP contribution in [0.25, 0.3) is 0 Å². The third-order valence-electron chi connectivity index (χ3n) is 3.22. The van der Waals surface area contributed by atoms with Crippen LogP contribution in [0.2, 0.25) is 0 Å². The number of halogens is 3. The maximum absolute atomic E-state index is 12.8. The fourth-order valence-electron chi connectivity index (χ4n) is 2.22. The zero-order valence-corrected chi connectivity index (χ0v) is 11.7. The summed E-state index contributed by atoms with van der Waals surface area (Å²) in [5.41, 5.74) is -0.427. The molecular formula is C14H13F3N2O3. The van der Waals surface area contributed by atoms with Gasteiger partial charge in [0.15, 0.2) is 0 Å². The molecule has 1 aliphatic rings. The standard InChI is InChI=1S/C14H13F3N2O3/c1-7-10(12(20)22-2)11(19-13(21)18-7)8-4-3-5-9(6-8)14(15,16)17/h3-6,11H,1-2H3,(H2,18,19,21)/t11-/m1/s1. The zero-order chi connectivity index (χ0) is 16.5. The Morgan fingerprint density at radius 1 is 1.32 bits per heavy atom. The average Bonchev–Trinajstić information content (AvgIpc) is 2.45. The second kappa shape index (κ2) is 5.70. The molecule has 2 N–H and O–H groups in total. The van der Waals surface area contributed by atoms with E-state index in [0.717, 1.165) is 19.2 Å². The van der Waals surface area contributed by atoms with Gasteiger partial charge in [0.2, 0.25) is 0 Å². The number of carbonyl (C=O) groups is 2. The summed E-state index contributed by atoms with van der Waals surface area (Å²) in [6.07, 6.45) is -4.52. The Bertz CT molecular complexity index is 653. The monoisotopic (exact) mass is 314 g/mol. The van der Waals surface area contributed by atoms with E-state index in [4.69, 9.17) is 0 Å². The number of alkyl halides is 3. The first-order chi connectivity index (χ1) is 10.2. The van der Waals surface area contributed by atoms with Crippen LogP contribution in [-0.4, -0.2) is 19.1 Å². The number of hydrogen-bond donors (Lipinski definition) is 2. The van der Waals surface area contributed by atoms with Crippen molar-refractivity contribution < 1.29 is 27.5 Å². The van der Waals surface area contributed by atoms with Gasteiger partial charge in [-0.1, -0.05) is 12.1 Å². The molecule has 8 heteroatoms. The van der Waals surface area contributed by atoms with Gasteiger partial charge in [-0.15, -0.1) is 0 Å². The minimum atomic E-state index is -4.52. The summed E-state index contributed by atoms with van der Waals surface area (Å²) in [5, 5.41) is 4.83. The molecule has 0 bridgehead atoms. The van der Waals surface area contributed by atoms with E-state index < -0.39 is 29.8 Å². The number of nitrogens with one attached hydrogen (secondary N) is 2. The van der Waals surface area contributed by atoms with E-state index in [2.05, 4.69) is 15.4 Å². The van der Waals surface area contributed by atoms with Gasteiger partial charge in [0.25, 0.3) is 0 Å². The molecule has 1 heterocycles. The maximum atomic E-state index is 12.8. The van der Waals surface area contributed by atoms with Gasteiger partial charge in [-0.3, -0.25) is 0 Å². The molecule has 0 radical (unpaired) electrons. The van der Waals surface area contributed by atoms with Crippen molar-refractivity contribution in [3.05, 3.63) is 46.7 Å². The lowest BCUT2D eigenvalue weighted by Crippen LogP contribution is -2.45. The lowest BCUT2D eigenvalue weighted by atomic mass is 9.94. The summed E-state index contributed by atoms with van der Waals surface area (Å²) in [7, 11) is 1.15. The molecule has 0 saturated carbocycles. The molecule has 0 spiro atoms. The maximum Gasteiger partial charge on any atom is 0.416 e. The molecule has 1 aromatic carbocycles. The third-order valence-corrected chi connectivity index (χ3v) is 3.22. The van der Waals surface area contributed by atoms with Gasteiger partial charge in [-0.25, -0.2) is 9.59 Å². The van der Waals surface area contributed by atoms with Crippen LogP contribution in [-0.2, 0) is 15.7 Å². The Hall–Kier alpha value is -2.51. The molecule has 2 amide bonds. The van der Waals surface area contributed by atoms with Crippen LogP contribution in [0.4, 0.5) is 18.0 Å². The number of rotatable bonds is 2. The largest absolute Gasteiger partial charge is 0.466 e. The van der Waals surface area contributed by atoms with Crippen molar-refractivity contribution in [1.82, 2.24) is 10.6 Å². The SMILES string of the molecule is COC(=O)C1=C(C)NC(=O)N[C@@H]1c1cccc(C(F)(F)F)c1. The molecule has 118 valence electrons. The predicted molar refractivity (Wildman–Crippen MR) is 70.6 cm³/mol. The predicted octanol–water partition coefficient (Wildman–Crippen LogP) is 2.51. The number of esters is 1. The number of allylic oxidation sites excluding steroid dienone is 1.